The van der Waals surface area contributed by atoms with Gasteiger partial charge < -0.3 is 15.5 Å². The van der Waals surface area contributed by atoms with Gasteiger partial charge in [-0.2, -0.15) is 0 Å². The maximum absolute atomic E-state index is 12.8. The maximum Gasteiger partial charge on any atom is 0.253 e. The van der Waals surface area contributed by atoms with Gasteiger partial charge in [-0.1, -0.05) is 42.5 Å². The molecule has 1 atom stereocenters. The van der Waals surface area contributed by atoms with Gasteiger partial charge in [-0.15, -0.1) is 0 Å². The molecule has 3 rings (SSSR count). The molecule has 0 bridgehead atoms. The highest BCUT2D eigenvalue weighted by atomic mass is 16.2. The molecule has 1 aliphatic heterocycles. The molecule has 30 heavy (non-hydrogen) atoms. The van der Waals surface area contributed by atoms with Crippen molar-refractivity contribution in [2.75, 3.05) is 39.0 Å². The highest BCUT2D eigenvalue weighted by Crippen LogP contribution is 2.19. The second-order valence-corrected chi connectivity index (χ2v) is 8.17. The average molecular weight is 409 g/mol. The van der Waals surface area contributed by atoms with E-state index >= 15 is 0 Å². The molecule has 2 N–H and O–H groups in total. The van der Waals surface area contributed by atoms with Crippen molar-refractivity contribution in [2.24, 2.45) is 0 Å². The Labute approximate surface area is 179 Å². The molecule has 1 aliphatic rings. The van der Waals surface area contributed by atoms with E-state index in [4.69, 9.17) is 0 Å². The minimum atomic E-state index is -0.200. The molecule has 0 spiro atoms. The highest BCUT2D eigenvalue weighted by molar-refractivity contribution is 6.04. The largest absolute Gasteiger partial charge is 0.345 e. The topological polar surface area (TPSA) is 64.7 Å². The van der Waals surface area contributed by atoms with Crippen LogP contribution in [-0.4, -0.2) is 61.4 Å². The van der Waals surface area contributed by atoms with Crippen molar-refractivity contribution in [1.29, 1.82) is 0 Å². The molecule has 1 saturated heterocycles. The van der Waals surface area contributed by atoms with Crippen molar-refractivity contribution in [3.8, 4) is 0 Å². The first-order chi connectivity index (χ1) is 14.4. The van der Waals surface area contributed by atoms with Crippen LogP contribution in [-0.2, 0) is 4.79 Å². The number of nitrogens with zero attached hydrogens (tertiary/aromatic N) is 2. The summed E-state index contributed by atoms with van der Waals surface area (Å²) in [5.74, 6) is -0.288. The number of piperidine rings is 1. The third-order valence-electron chi connectivity index (χ3n) is 5.75. The summed E-state index contributed by atoms with van der Waals surface area (Å²) in [6, 6.07) is 17.4. The molecule has 0 aliphatic carbocycles. The summed E-state index contributed by atoms with van der Waals surface area (Å²) in [7, 11) is 4.21. The molecule has 2 aromatic rings. The molecule has 160 valence electrons. The predicted molar refractivity (Wildman–Crippen MR) is 121 cm³/mol. The lowest BCUT2D eigenvalue weighted by Gasteiger charge is -2.34. The van der Waals surface area contributed by atoms with Crippen LogP contribution in [0.5, 0.6) is 0 Å². The molecule has 1 fully saturated rings. The zero-order valence-electron chi connectivity index (χ0n) is 18.1. The van der Waals surface area contributed by atoms with Crippen LogP contribution in [0.15, 0.2) is 54.6 Å². The van der Waals surface area contributed by atoms with Crippen LogP contribution in [0.4, 0.5) is 5.69 Å². The summed E-state index contributed by atoms with van der Waals surface area (Å²) in [6.07, 6.45) is 2.13. The van der Waals surface area contributed by atoms with Gasteiger partial charge in [0.15, 0.2) is 0 Å². The minimum absolute atomic E-state index is 0.0883. The van der Waals surface area contributed by atoms with Crippen LogP contribution in [0, 0.1) is 0 Å². The molecular formula is C24H32N4O2. The second kappa shape index (κ2) is 10.4. The van der Waals surface area contributed by atoms with Crippen molar-refractivity contribution in [3.05, 3.63) is 65.7 Å². The van der Waals surface area contributed by atoms with E-state index in [1.54, 1.807) is 12.1 Å². The van der Waals surface area contributed by atoms with Crippen molar-refractivity contribution in [2.45, 2.75) is 31.8 Å². The van der Waals surface area contributed by atoms with Gasteiger partial charge in [0.25, 0.3) is 5.91 Å². The summed E-state index contributed by atoms with van der Waals surface area (Å²) in [4.78, 5) is 29.9. The summed E-state index contributed by atoms with van der Waals surface area (Å²) in [5, 5.41) is 5.95. The van der Waals surface area contributed by atoms with E-state index in [2.05, 4.69) is 34.5 Å². The summed E-state index contributed by atoms with van der Waals surface area (Å²) < 4.78 is 0. The van der Waals surface area contributed by atoms with Gasteiger partial charge >= 0.3 is 0 Å². The van der Waals surface area contributed by atoms with Gasteiger partial charge in [-0.3, -0.25) is 14.5 Å². The van der Waals surface area contributed by atoms with E-state index in [1.165, 1.54) is 0 Å². The molecular weight excluding hydrogens is 376 g/mol. The number of carbonyl (C=O) groups excluding carboxylic acids is 2. The first kappa shape index (κ1) is 22.0. The third-order valence-corrected chi connectivity index (χ3v) is 5.75. The monoisotopic (exact) mass is 408 g/mol. The van der Waals surface area contributed by atoms with E-state index in [0.717, 1.165) is 31.5 Å². The zero-order valence-corrected chi connectivity index (χ0v) is 18.1. The molecule has 1 heterocycles. The van der Waals surface area contributed by atoms with E-state index in [-0.39, 0.29) is 17.9 Å². The number of benzene rings is 2. The van der Waals surface area contributed by atoms with Crippen molar-refractivity contribution < 1.29 is 9.59 Å². The number of para-hydroxylation sites is 1. The fourth-order valence-corrected chi connectivity index (χ4v) is 3.88. The summed E-state index contributed by atoms with van der Waals surface area (Å²) in [6.45, 7) is 4.11. The second-order valence-electron chi connectivity index (χ2n) is 8.17. The average Bonchev–Trinajstić information content (AvgIpc) is 2.75. The van der Waals surface area contributed by atoms with Crippen molar-refractivity contribution in [1.82, 2.24) is 15.1 Å². The minimum Gasteiger partial charge on any atom is -0.345 e. The summed E-state index contributed by atoms with van der Waals surface area (Å²) in [5.41, 5.74) is 2.05. The predicted octanol–water partition coefficient (Wildman–Crippen LogP) is 3.14. The molecule has 6 heteroatoms. The van der Waals surface area contributed by atoms with E-state index < -0.39 is 0 Å². The van der Waals surface area contributed by atoms with Crippen LogP contribution in [0.2, 0.25) is 0 Å². The number of carbonyl (C=O) groups is 2. The van der Waals surface area contributed by atoms with Gasteiger partial charge in [0.05, 0.1) is 23.8 Å². The lowest BCUT2D eigenvalue weighted by molar-refractivity contribution is -0.117. The molecule has 6 nitrogen and oxygen atoms in total. The van der Waals surface area contributed by atoms with Crippen molar-refractivity contribution in [3.63, 3.8) is 0 Å². The quantitative estimate of drug-likeness (QED) is 0.739. The number of nitrogens with one attached hydrogen (secondary N) is 2. The number of rotatable bonds is 7. The Morgan fingerprint density at radius 2 is 1.67 bits per heavy atom. The van der Waals surface area contributed by atoms with Crippen LogP contribution < -0.4 is 10.6 Å². The maximum atomic E-state index is 12.8. The lowest BCUT2D eigenvalue weighted by atomic mass is 10.0. The van der Waals surface area contributed by atoms with Gasteiger partial charge in [-0.05, 0) is 51.6 Å². The number of hydrogen-bond acceptors (Lipinski definition) is 4. The standard InChI is InChI=1S/C24H32N4O2/c1-18(19-9-5-4-6-10-19)25-24(30)21-11-7-8-12-22(21)26-23(29)17-28-15-13-20(14-16-28)27(2)3/h4-12,18,20H,13-17H2,1-3H3,(H,25,30)(H,26,29). The molecule has 2 aromatic carbocycles. The van der Waals surface area contributed by atoms with E-state index in [1.807, 2.05) is 49.4 Å². The first-order valence-electron chi connectivity index (χ1n) is 10.6. The Bertz CT molecular complexity index is 845. The van der Waals surface area contributed by atoms with E-state index in [0.29, 0.717) is 23.8 Å². The fourth-order valence-electron chi connectivity index (χ4n) is 3.88. The Hall–Kier alpha value is -2.70. The molecule has 1 unspecified atom stereocenters. The third kappa shape index (κ3) is 5.90. The van der Waals surface area contributed by atoms with Gasteiger partial charge in [0.1, 0.15) is 0 Å². The highest BCUT2D eigenvalue weighted by Gasteiger charge is 2.22. The van der Waals surface area contributed by atoms with Crippen molar-refractivity contribution >= 4 is 17.5 Å². The molecule has 0 saturated carbocycles. The molecule has 0 radical (unpaired) electrons. The SMILES string of the molecule is CC(NC(=O)c1ccccc1NC(=O)CN1CCC(N(C)C)CC1)c1ccccc1. The zero-order chi connectivity index (χ0) is 21.5. The summed E-state index contributed by atoms with van der Waals surface area (Å²) >= 11 is 0. The number of anilines is 1. The van der Waals surface area contributed by atoms with Crippen LogP contribution >= 0.6 is 0 Å². The molecule has 2 amide bonds. The van der Waals surface area contributed by atoms with E-state index in [9.17, 15) is 9.59 Å². The molecule has 0 aromatic heterocycles. The van der Waals surface area contributed by atoms with Crippen LogP contribution in [0.1, 0.15) is 41.7 Å². The normalized spacial score (nSPS) is 16.3. The Morgan fingerprint density at radius 1 is 1.03 bits per heavy atom. The van der Waals surface area contributed by atoms with Gasteiger partial charge in [0.2, 0.25) is 5.91 Å². The Kier molecular flexibility index (Phi) is 7.60. The van der Waals surface area contributed by atoms with Crippen LogP contribution in [0.25, 0.3) is 0 Å². The first-order valence-corrected chi connectivity index (χ1v) is 10.6. The fraction of sp³-hybridized carbons (Fsp3) is 0.417. The van der Waals surface area contributed by atoms with Gasteiger partial charge in [0, 0.05) is 19.1 Å². The number of likely N-dealkylation sites (tertiary alicyclic amines) is 1. The van der Waals surface area contributed by atoms with Crippen LogP contribution in [0.3, 0.4) is 0 Å². The Balaban J connectivity index is 1.58. The number of hydrogen-bond donors (Lipinski definition) is 2. The smallest absolute Gasteiger partial charge is 0.253 e. The number of amides is 2. The van der Waals surface area contributed by atoms with Gasteiger partial charge in [-0.25, -0.2) is 0 Å². The lowest BCUT2D eigenvalue weighted by Crippen LogP contribution is -2.44. The Morgan fingerprint density at radius 3 is 2.33 bits per heavy atom.